The Hall–Kier alpha value is -1.85. The normalized spacial score (nSPS) is 16.0. The lowest BCUT2D eigenvalue weighted by Gasteiger charge is -2.27. The number of carbonyl (C=O) groups excluding carboxylic acids is 3. The highest BCUT2D eigenvalue weighted by atomic mass is 32.2. The van der Waals surface area contributed by atoms with E-state index in [0.717, 1.165) is 0 Å². The second kappa shape index (κ2) is 15.0. The molecule has 0 aromatic carbocycles. The summed E-state index contributed by atoms with van der Waals surface area (Å²) >= 11 is 1.49. The molecule has 0 spiro atoms. The van der Waals surface area contributed by atoms with Gasteiger partial charge in [-0.05, 0) is 36.7 Å². The molecule has 0 aliphatic carbocycles. The van der Waals surface area contributed by atoms with Crippen molar-refractivity contribution in [2.75, 3.05) is 18.6 Å². The maximum atomic E-state index is 12.9. The summed E-state index contributed by atoms with van der Waals surface area (Å²) in [6.07, 6.45) is 3.02. The van der Waals surface area contributed by atoms with Gasteiger partial charge >= 0.3 is 5.97 Å². The molecule has 0 saturated carbocycles. The van der Waals surface area contributed by atoms with Crippen molar-refractivity contribution in [2.45, 2.75) is 71.1 Å². The number of thioether (sulfide) groups is 1. The molecule has 0 aromatic heterocycles. The van der Waals surface area contributed by atoms with Crippen LogP contribution in [0.25, 0.3) is 0 Å². The van der Waals surface area contributed by atoms with Gasteiger partial charge in [0.1, 0.15) is 24.2 Å². The third-order valence-corrected chi connectivity index (χ3v) is 5.54. The lowest BCUT2D eigenvalue weighted by molar-refractivity contribution is -0.143. The predicted octanol–water partition coefficient (Wildman–Crippen LogP) is -0.310. The highest BCUT2D eigenvalue weighted by molar-refractivity contribution is 7.98. The van der Waals surface area contributed by atoms with Crippen molar-refractivity contribution in [1.82, 2.24) is 16.0 Å². The zero-order valence-electron chi connectivity index (χ0n) is 19.0. The van der Waals surface area contributed by atoms with Gasteiger partial charge in [0, 0.05) is 0 Å². The first-order valence-electron chi connectivity index (χ1n) is 10.5. The SMILES string of the molecule is CCC(C)C(NC(=O)C(CCSC)NC(=O)C(CC(C)C)NC(=O)C(N)CO)C(=O)O. The lowest BCUT2D eigenvalue weighted by Crippen LogP contribution is -2.58. The summed E-state index contributed by atoms with van der Waals surface area (Å²) in [7, 11) is 0. The van der Waals surface area contributed by atoms with Crippen LogP contribution in [-0.2, 0) is 19.2 Å². The zero-order valence-corrected chi connectivity index (χ0v) is 19.8. The molecule has 11 heteroatoms. The molecule has 10 nitrogen and oxygen atoms in total. The monoisotopic (exact) mass is 462 g/mol. The standard InChI is InChI=1S/C20H38N4O6S/c1-6-12(4)16(20(29)30)24-18(27)14(7-8-31-5)22-19(28)15(9-11(2)3)23-17(26)13(21)10-25/h11-16,25H,6-10,21H2,1-5H3,(H,22,28)(H,23,26)(H,24,27)(H,29,30). The van der Waals surface area contributed by atoms with Gasteiger partial charge < -0.3 is 31.9 Å². The molecule has 0 heterocycles. The summed E-state index contributed by atoms with van der Waals surface area (Å²) in [5, 5.41) is 26.2. The van der Waals surface area contributed by atoms with Gasteiger partial charge in [-0.1, -0.05) is 34.1 Å². The number of aliphatic carboxylic acids is 1. The molecule has 0 bridgehead atoms. The second-order valence-corrected chi connectivity index (χ2v) is 9.02. The number of hydrogen-bond donors (Lipinski definition) is 6. The van der Waals surface area contributed by atoms with Crippen LogP contribution in [0.15, 0.2) is 0 Å². The third-order valence-electron chi connectivity index (χ3n) is 4.89. The summed E-state index contributed by atoms with van der Waals surface area (Å²) in [4.78, 5) is 49.3. The fourth-order valence-corrected chi connectivity index (χ4v) is 3.25. The quantitative estimate of drug-likeness (QED) is 0.192. The summed E-state index contributed by atoms with van der Waals surface area (Å²) in [6, 6.07) is -4.13. The van der Waals surface area contributed by atoms with E-state index in [2.05, 4.69) is 16.0 Å². The number of hydrogen-bond acceptors (Lipinski definition) is 7. The molecular weight excluding hydrogens is 424 g/mol. The summed E-state index contributed by atoms with van der Waals surface area (Å²) in [5.74, 6) is -2.62. The first-order valence-corrected chi connectivity index (χ1v) is 11.9. The second-order valence-electron chi connectivity index (χ2n) is 8.03. The molecule has 0 radical (unpaired) electrons. The van der Waals surface area contributed by atoms with Gasteiger partial charge in [0.25, 0.3) is 0 Å². The molecule has 0 fully saturated rings. The van der Waals surface area contributed by atoms with Crippen LogP contribution >= 0.6 is 11.8 Å². The van der Waals surface area contributed by atoms with Crippen molar-refractivity contribution in [3.8, 4) is 0 Å². The third kappa shape index (κ3) is 10.8. The topological polar surface area (TPSA) is 171 Å². The van der Waals surface area contributed by atoms with Gasteiger partial charge in [0.05, 0.1) is 6.61 Å². The Labute approximate surface area is 188 Å². The van der Waals surface area contributed by atoms with E-state index in [-0.39, 0.29) is 11.8 Å². The van der Waals surface area contributed by atoms with E-state index in [1.807, 2.05) is 27.0 Å². The number of carbonyl (C=O) groups is 4. The average Bonchev–Trinajstić information content (AvgIpc) is 2.71. The molecule has 7 N–H and O–H groups in total. The van der Waals surface area contributed by atoms with E-state index in [1.54, 1.807) is 6.92 Å². The number of aliphatic hydroxyl groups excluding tert-OH is 1. The minimum atomic E-state index is -1.16. The average molecular weight is 463 g/mol. The minimum Gasteiger partial charge on any atom is -0.480 e. The minimum absolute atomic E-state index is 0.0571. The van der Waals surface area contributed by atoms with Crippen molar-refractivity contribution in [3.05, 3.63) is 0 Å². The maximum Gasteiger partial charge on any atom is 0.326 e. The van der Waals surface area contributed by atoms with E-state index in [4.69, 9.17) is 10.8 Å². The Morgan fingerprint density at radius 3 is 1.97 bits per heavy atom. The maximum absolute atomic E-state index is 12.9. The fraction of sp³-hybridized carbons (Fsp3) is 0.800. The number of carboxylic acids is 1. The van der Waals surface area contributed by atoms with Crippen molar-refractivity contribution < 1.29 is 29.4 Å². The van der Waals surface area contributed by atoms with Crippen molar-refractivity contribution in [3.63, 3.8) is 0 Å². The van der Waals surface area contributed by atoms with Gasteiger partial charge in [-0.25, -0.2) is 4.79 Å². The molecule has 5 atom stereocenters. The van der Waals surface area contributed by atoms with Crippen LogP contribution in [0.5, 0.6) is 0 Å². The lowest BCUT2D eigenvalue weighted by atomic mass is 9.98. The predicted molar refractivity (Wildman–Crippen MR) is 120 cm³/mol. The summed E-state index contributed by atoms with van der Waals surface area (Å²) in [6.45, 7) is 6.75. The van der Waals surface area contributed by atoms with E-state index in [1.165, 1.54) is 11.8 Å². The molecule has 0 saturated heterocycles. The first kappa shape index (κ1) is 29.1. The molecular formula is C20H38N4O6S. The molecule has 0 aliphatic rings. The highest BCUT2D eigenvalue weighted by Gasteiger charge is 2.31. The molecule has 5 unspecified atom stereocenters. The summed E-state index contributed by atoms with van der Waals surface area (Å²) < 4.78 is 0. The Bertz CT molecular complexity index is 604. The number of rotatable bonds is 15. The number of carboxylic acid groups (broad SMARTS) is 1. The number of nitrogens with one attached hydrogen (secondary N) is 3. The van der Waals surface area contributed by atoms with Crippen LogP contribution < -0.4 is 21.7 Å². The van der Waals surface area contributed by atoms with E-state index >= 15 is 0 Å². The fourth-order valence-electron chi connectivity index (χ4n) is 2.78. The van der Waals surface area contributed by atoms with Crippen molar-refractivity contribution in [1.29, 1.82) is 0 Å². The Kier molecular flexibility index (Phi) is 14.1. The van der Waals surface area contributed by atoms with Gasteiger partial charge in [-0.3, -0.25) is 14.4 Å². The van der Waals surface area contributed by atoms with Crippen LogP contribution in [0.1, 0.15) is 47.0 Å². The highest BCUT2D eigenvalue weighted by Crippen LogP contribution is 2.11. The Balaban J connectivity index is 5.46. The first-order chi connectivity index (χ1) is 14.5. The van der Waals surface area contributed by atoms with Crippen LogP contribution in [0.3, 0.4) is 0 Å². The van der Waals surface area contributed by atoms with Gasteiger partial charge in [-0.2, -0.15) is 11.8 Å². The van der Waals surface area contributed by atoms with E-state index in [9.17, 15) is 24.3 Å². The van der Waals surface area contributed by atoms with Gasteiger partial charge in [-0.15, -0.1) is 0 Å². The van der Waals surface area contributed by atoms with Gasteiger partial charge in [0.15, 0.2) is 0 Å². The molecule has 180 valence electrons. The van der Waals surface area contributed by atoms with Crippen molar-refractivity contribution >= 4 is 35.5 Å². The number of nitrogens with two attached hydrogens (primary N) is 1. The van der Waals surface area contributed by atoms with Gasteiger partial charge in [0.2, 0.25) is 17.7 Å². The number of aliphatic hydroxyl groups is 1. The van der Waals surface area contributed by atoms with Crippen LogP contribution in [0.4, 0.5) is 0 Å². The zero-order chi connectivity index (χ0) is 24.1. The molecule has 3 amide bonds. The largest absolute Gasteiger partial charge is 0.480 e. The van der Waals surface area contributed by atoms with E-state index in [0.29, 0.717) is 25.0 Å². The number of amides is 3. The Morgan fingerprint density at radius 1 is 0.968 bits per heavy atom. The van der Waals surface area contributed by atoms with Crippen molar-refractivity contribution in [2.24, 2.45) is 17.6 Å². The smallest absolute Gasteiger partial charge is 0.326 e. The Morgan fingerprint density at radius 2 is 1.52 bits per heavy atom. The summed E-state index contributed by atoms with van der Waals surface area (Å²) in [5.41, 5.74) is 5.52. The molecule has 31 heavy (non-hydrogen) atoms. The van der Waals surface area contributed by atoms with Crippen LogP contribution in [-0.4, -0.2) is 76.7 Å². The van der Waals surface area contributed by atoms with Crippen LogP contribution in [0.2, 0.25) is 0 Å². The molecule has 0 aromatic rings. The van der Waals surface area contributed by atoms with E-state index < -0.39 is 54.5 Å². The molecule has 0 rings (SSSR count). The molecule has 0 aliphatic heterocycles. The van der Waals surface area contributed by atoms with Crippen LogP contribution in [0, 0.1) is 11.8 Å².